The molecule has 5 aromatic rings. The average Bonchev–Trinajstić information content (AvgIpc) is 3.48. The van der Waals surface area contributed by atoms with Crippen LogP contribution < -0.4 is 24.8 Å². The van der Waals surface area contributed by atoms with Gasteiger partial charge >= 0.3 is 99.2 Å². The summed E-state index contributed by atoms with van der Waals surface area (Å²) < 4.78 is 1.42. The predicted octanol–water partition coefficient (Wildman–Crippen LogP) is 4.37. The van der Waals surface area contributed by atoms with Gasteiger partial charge in [-0.15, -0.1) is 46.7 Å². The first kappa shape index (κ1) is 35.8. The second-order valence-corrected chi connectivity index (χ2v) is 11.8. The van der Waals surface area contributed by atoms with Gasteiger partial charge in [0.1, 0.15) is 0 Å². The molecular formula is C39H40Cl2Zr-2. The van der Waals surface area contributed by atoms with Gasteiger partial charge in [0.15, 0.2) is 0 Å². The second kappa shape index (κ2) is 17.0. The first-order valence-electron chi connectivity index (χ1n) is 14.4. The van der Waals surface area contributed by atoms with Gasteiger partial charge in [-0.05, 0) is 12.8 Å². The summed E-state index contributed by atoms with van der Waals surface area (Å²) in [6.45, 7) is 13.1. The zero-order valence-electron chi connectivity index (χ0n) is 25.6. The van der Waals surface area contributed by atoms with Crippen LogP contribution in [0.2, 0.25) is 0 Å². The number of fused-ring (bicyclic) bond motifs is 3. The van der Waals surface area contributed by atoms with Crippen molar-refractivity contribution in [1.82, 2.24) is 0 Å². The van der Waals surface area contributed by atoms with Crippen LogP contribution in [-0.4, -0.2) is 3.21 Å². The molecule has 0 radical (unpaired) electrons. The summed E-state index contributed by atoms with van der Waals surface area (Å²) in [7, 11) is 0. The molecule has 1 aliphatic rings. The van der Waals surface area contributed by atoms with E-state index in [9.17, 15) is 0 Å². The van der Waals surface area contributed by atoms with E-state index in [1.807, 2.05) is 0 Å². The summed E-state index contributed by atoms with van der Waals surface area (Å²) in [6.07, 6.45) is 5.58. The SMILES string of the molecule is CC1=[C-]C(C)C(C)=C1C.CCc1ccc2c(c1)[cH-]c1cc(CC)ccc12.[Cl-].[Cl-].[Zr+2]=[C](c1ccccc1)c1ccccc1. The molecule has 0 aromatic heterocycles. The van der Waals surface area contributed by atoms with Crippen molar-refractivity contribution in [1.29, 1.82) is 0 Å². The molecule has 0 saturated carbocycles. The number of halogens is 2. The quantitative estimate of drug-likeness (QED) is 0.250. The van der Waals surface area contributed by atoms with Crippen molar-refractivity contribution < 1.29 is 49.0 Å². The molecule has 0 heterocycles. The van der Waals surface area contributed by atoms with Crippen LogP contribution in [0.25, 0.3) is 21.5 Å². The molecule has 3 heteroatoms. The summed E-state index contributed by atoms with van der Waals surface area (Å²) in [5, 5.41) is 5.54. The molecule has 216 valence electrons. The van der Waals surface area contributed by atoms with E-state index in [4.69, 9.17) is 0 Å². The minimum absolute atomic E-state index is 0. The molecule has 6 rings (SSSR count). The van der Waals surface area contributed by atoms with Crippen LogP contribution in [0.4, 0.5) is 0 Å². The van der Waals surface area contributed by atoms with E-state index in [-0.39, 0.29) is 24.8 Å². The van der Waals surface area contributed by atoms with Crippen molar-refractivity contribution in [2.45, 2.75) is 54.4 Å². The van der Waals surface area contributed by atoms with Crippen molar-refractivity contribution in [3.05, 3.63) is 148 Å². The fraction of sp³-hybridized carbons (Fsp3) is 0.231. The Morgan fingerprint density at radius 1 is 0.690 bits per heavy atom. The summed E-state index contributed by atoms with van der Waals surface area (Å²) in [5.74, 6) is 0.560. The van der Waals surface area contributed by atoms with Crippen molar-refractivity contribution >= 4 is 24.8 Å². The van der Waals surface area contributed by atoms with Crippen LogP contribution in [0.15, 0.2) is 120 Å². The summed E-state index contributed by atoms with van der Waals surface area (Å²) >= 11 is 1.46. The number of hydrogen-bond acceptors (Lipinski definition) is 0. The van der Waals surface area contributed by atoms with Gasteiger partial charge in [-0.1, -0.05) is 75.9 Å². The van der Waals surface area contributed by atoms with Crippen molar-refractivity contribution in [2.24, 2.45) is 5.92 Å². The Hall–Kier alpha value is -2.44. The van der Waals surface area contributed by atoms with Crippen LogP contribution in [0, 0.1) is 12.0 Å². The molecule has 0 fully saturated rings. The molecule has 42 heavy (non-hydrogen) atoms. The van der Waals surface area contributed by atoms with Gasteiger partial charge in [-0.3, -0.25) is 6.08 Å². The summed E-state index contributed by atoms with van der Waals surface area (Å²) in [4.78, 5) is 0. The third-order valence-electron chi connectivity index (χ3n) is 8.01. The molecule has 1 atom stereocenters. The Morgan fingerprint density at radius 2 is 1.12 bits per heavy atom. The zero-order chi connectivity index (χ0) is 28.6. The molecule has 1 aliphatic carbocycles. The summed E-state index contributed by atoms with van der Waals surface area (Å²) in [5.41, 5.74) is 9.75. The number of rotatable bonds is 4. The maximum atomic E-state index is 3.36. The van der Waals surface area contributed by atoms with Crippen molar-refractivity contribution in [3.63, 3.8) is 0 Å². The van der Waals surface area contributed by atoms with Gasteiger partial charge in [0.05, 0.1) is 0 Å². The monoisotopic (exact) mass is 668 g/mol. The Morgan fingerprint density at radius 3 is 1.43 bits per heavy atom. The molecule has 0 bridgehead atoms. The molecular weight excluding hydrogens is 631 g/mol. The Balaban J connectivity index is 0.000000225. The van der Waals surface area contributed by atoms with Gasteiger partial charge in [0.2, 0.25) is 0 Å². The number of aryl methyl sites for hydroxylation is 2. The number of allylic oxidation sites excluding steroid dienone is 4. The van der Waals surface area contributed by atoms with Gasteiger partial charge in [-0.2, -0.15) is 11.1 Å². The molecule has 0 N–H and O–H groups in total. The van der Waals surface area contributed by atoms with Crippen LogP contribution in [0.3, 0.4) is 0 Å². The van der Waals surface area contributed by atoms with E-state index < -0.39 is 0 Å². The van der Waals surface area contributed by atoms with E-state index in [0.29, 0.717) is 5.92 Å². The Bertz CT molecular complexity index is 1560. The first-order valence-corrected chi connectivity index (χ1v) is 15.6. The van der Waals surface area contributed by atoms with Crippen LogP contribution in [0.5, 0.6) is 0 Å². The van der Waals surface area contributed by atoms with E-state index >= 15 is 0 Å². The normalized spacial score (nSPS) is 13.7. The van der Waals surface area contributed by atoms with Gasteiger partial charge < -0.3 is 24.8 Å². The molecule has 5 aromatic carbocycles. The number of hydrogen-bond donors (Lipinski definition) is 0. The summed E-state index contributed by atoms with van der Waals surface area (Å²) in [6, 6.07) is 37.1. The Kier molecular flexibility index (Phi) is 14.5. The fourth-order valence-corrected chi connectivity index (χ4v) is 5.92. The van der Waals surface area contributed by atoms with E-state index in [2.05, 4.69) is 151 Å². The molecule has 0 spiro atoms. The maximum absolute atomic E-state index is 3.36. The standard InChI is InChI=1S/C17H17.C13H10.C9H13.2ClH.Zr/c1-3-12-5-7-16-14(9-12)11-15-10-13(4-2)6-8-17(15)16;1-3-7-12(8-4-1)11-13-9-5-2-6-10-13;1-6-5-7(2)9(4)8(6)3;;;/h5-11H,3-4H2,1-2H3;1-10H;6H,1-4H3;2*1H;/q-1;;-1;;;+2/p-2. The number of benzene rings is 4. The molecule has 0 aliphatic heterocycles. The molecule has 1 unspecified atom stereocenters. The Labute approximate surface area is 280 Å². The van der Waals surface area contributed by atoms with Crippen LogP contribution in [0.1, 0.15) is 63.8 Å². The van der Waals surface area contributed by atoms with Crippen molar-refractivity contribution in [2.75, 3.05) is 0 Å². The third-order valence-corrected chi connectivity index (χ3v) is 9.43. The van der Waals surface area contributed by atoms with E-state index in [1.54, 1.807) is 0 Å². The molecule has 0 saturated heterocycles. The third kappa shape index (κ3) is 8.79. The second-order valence-electron chi connectivity index (χ2n) is 10.6. The fourth-order valence-electron chi connectivity index (χ4n) is 5.10. The minimum atomic E-state index is 0. The molecule has 0 amide bonds. The van der Waals surface area contributed by atoms with E-state index in [1.165, 1.54) is 88.0 Å². The van der Waals surface area contributed by atoms with Gasteiger partial charge in [0, 0.05) is 0 Å². The van der Waals surface area contributed by atoms with Gasteiger partial charge in [0.25, 0.3) is 0 Å². The van der Waals surface area contributed by atoms with Gasteiger partial charge in [-0.25, -0.2) is 5.57 Å². The van der Waals surface area contributed by atoms with Crippen molar-refractivity contribution in [3.8, 4) is 0 Å². The first-order chi connectivity index (χ1) is 19.3. The zero-order valence-corrected chi connectivity index (χ0v) is 29.5. The van der Waals surface area contributed by atoms with E-state index in [0.717, 1.165) is 12.8 Å². The van der Waals surface area contributed by atoms with Crippen LogP contribution >= 0.6 is 0 Å². The predicted molar refractivity (Wildman–Crippen MR) is 172 cm³/mol. The topological polar surface area (TPSA) is 0 Å². The van der Waals surface area contributed by atoms with Crippen LogP contribution in [-0.2, 0) is 37.1 Å². The molecule has 0 nitrogen and oxygen atoms in total. The average molecular weight is 671 g/mol.